The van der Waals surface area contributed by atoms with E-state index in [9.17, 15) is 5.11 Å². The second-order valence-corrected chi connectivity index (χ2v) is 4.87. The first-order valence-corrected chi connectivity index (χ1v) is 6.02. The molecule has 0 aromatic carbocycles. The molecular formula is C11H25N3O2. The first kappa shape index (κ1) is 13.9. The van der Waals surface area contributed by atoms with Gasteiger partial charge in [0.2, 0.25) is 0 Å². The molecule has 0 saturated carbocycles. The summed E-state index contributed by atoms with van der Waals surface area (Å²) in [5.41, 5.74) is 5.56. The maximum absolute atomic E-state index is 9.55. The highest BCUT2D eigenvalue weighted by molar-refractivity contribution is 4.78. The van der Waals surface area contributed by atoms with Crippen LogP contribution < -0.4 is 16.4 Å². The summed E-state index contributed by atoms with van der Waals surface area (Å²) in [4.78, 5) is 0. The van der Waals surface area contributed by atoms with E-state index >= 15 is 0 Å². The predicted octanol–water partition coefficient (Wildman–Crippen LogP) is -0.395. The van der Waals surface area contributed by atoms with Gasteiger partial charge < -0.3 is 15.2 Å². The zero-order chi connectivity index (χ0) is 12.0. The lowest BCUT2D eigenvalue weighted by Crippen LogP contribution is -2.57. The minimum Gasteiger partial charge on any atom is -0.381 e. The van der Waals surface area contributed by atoms with Gasteiger partial charge in [-0.3, -0.25) is 11.1 Å². The Kier molecular flexibility index (Phi) is 5.64. The molecule has 1 aliphatic heterocycles. The first-order valence-electron chi connectivity index (χ1n) is 6.02. The largest absolute Gasteiger partial charge is 0.381 e. The standard InChI is InChI=1S/C11H25N3O2/c1-11(12,15)14-10(7-13-2)6-9-4-3-5-16-8-9/h9-10,13-15H,3-8,12H2,1-2H3/t9-,10+,11?/m1/s1. The molecule has 5 nitrogen and oxygen atoms in total. The number of likely N-dealkylation sites (N-methyl/N-ethyl adjacent to an activating group) is 1. The fourth-order valence-electron chi connectivity index (χ4n) is 2.25. The number of nitrogens with one attached hydrogen (secondary N) is 2. The summed E-state index contributed by atoms with van der Waals surface area (Å²) < 4.78 is 5.45. The van der Waals surface area contributed by atoms with E-state index < -0.39 is 5.85 Å². The molecule has 5 N–H and O–H groups in total. The van der Waals surface area contributed by atoms with E-state index in [0.717, 1.165) is 32.6 Å². The van der Waals surface area contributed by atoms with Crippen LogP contribution in [0.3, 0.4) is 0 Å². The maximum Gasteiger partial charge on any atom is 0.166 e. The molecule has 96 valence electrons. The fourth-order valence-corrected chi connectivity index (χ4v) is 2.25. The lowest BCUT2D eigenvalue weighted by atomic mass is 9.94. The highest BCUT2D eigenvalue weighted by Gasteiger charge is 2.23. The summed E-state index contributed by atoms with van der Waals surface area (Å²) >= 11 is 0. The molecule has 1 unspecified atom stereocenters. The number of aliphatic hydroxyl groups is 1. The lowest BCUT2D eigenvalue weighted by Gasteiger charge is -2.31. The number of hydrogen-bond acceptors (Lipinski definition) is 5. The number of nitrogens with two attached hydrogens (primary N) is 1. The van der Waals surface area contributed by atoms with Gasteiger partial charge in [-0.15, -0.1) is 0 Å². The van der Waals surface area contributed by atoms with Crippen LogP contribution in [0.15, 0.2) is 0 Å². The van der Waals surface area contributed by atoms with Crippen LogP contribution in [0.25, 0.3) is 0 Å². The third-order valence-electron chi connectivity index (χ3n) is 2.82. The van der Waals surface area contributed by atoms with Crippen molar-refractivity contribution in [2.75, 3.05) is 26.8 Å². The fraction of sp³-hybridized carbons (Fsp3) is 1.00. The third-order valence-corrected chi connectivity index (χ3v) is 2.82. The molecule has 1 heterocycles. The second kappa shape index (κ2) is 6.51. The first-order chi connectivity index (χ1) is 7.51. The van der Waals surface area contributed by atoms with Gasteiger partial charge in [0.25, 0.3) is 0 Å². The molecule has 0 aliphatic carbocycles. The smallest absolute Gasteiger partial charge is 0.166 e. The monoisotopic (exact) mass is 231 g/mol. The summed E-state index contributed by atoms with van der Waals surface area (Å²) in [5.74, 6) is -0.737. The van der Waals surface area contributed by atoms with E-state index in [4.69, 9.17) is 10.5 Å². The van der Waals surface area contributed by atoms with Crippen molar-refractivity contribution in [1.82, 2.24) is 10.6 Å². The second-order valence-electron chi connectivity index (χ2n) is 4.87. The van der Waals surface area contributed by atoms with Crippen LogP contribution >= 0.6 is 0 Å². The molecule has 16 heavy (non-hydrogen) atoms. The quantitative estimate of drug-likeness (QED) is 0.468. The number of hydrogen-bond donors (Lipinski definition) is 4. The Bertz CT molecular complexity index is 188. The van der Waals surface area contributed by atoms with Crippen molar-refractivity contribution >= 4 is 0 Å². The molecule has 0 bridgehead atoms. The van der Waals surface area contributed by atoms with Gasteiger partial charge in [-0.05, 0) is 39.2 Å². The van der Waals surface area contributed by atoms with Crippen LogP contribution in [-0.4, -0.2) is 43.8 Å². The molecule has 1 rings (SSSR count). The summed E-state index contributed by atoms with van der Waals surface area (Å²) in [6.07, 6.45) is 3.32. The molecule has 0 radical (unpaired) electrons. The van der Waals surface area contributed by atoms with Crippen molar-refractivity contribution in [3.8, 4) is 0 Å². The summed E-state index contributed by atoms with van der Waals surface area (Å²) in [7, 11) is 1.90. The topological polar surface area (TPSA) is 79.5 Å². The summed E-state index contributed by atoms with van der Waals surface area (Å²) in [5, 5.41) is 15.7. The highest BCUT2D eigenvalue weighted by atomic mass is 16.5. The van der Waals surface area contributed by atoms with Gasteiger partial charge in [0.15, 0.2) is 5.85 Å². The Morgan fingerprint density at radius 2 is 2.38 bits per heavy atom. The summed E-state index contributed by atoms with van der Waals surface area (Å²) in [6, 6.07) is 0.177. The molecule has 1 saturated heterocycles. The summed E-state index contributed by atoms with van der Waals surface area (Å²) in [6.45, 7) is 4.07. The van der Waals surface area contributed by atoms with Crippen LogP contribution in [0.5, 0.6) is 0 Å². The van der Waals surface area contributed by atoms with E-state index in [0.29, 0.717) is 5.92 Å². The molecule has 3 atom stereocenters. The molecule has 0 aromatic rings. The zero-order valence-electron chi connectivity index (χ0n) is 10.3. The van der Waals surface area contributed by atoms with E-state index in [1.54, 1.807) is 6.92 Å². The average molecular weight is 231 g/mol. The number of rotatable bonds is 6. The van der Waals surface area contributed by atoms with Gasteiger partial charge in [0.1, 0.15) is 0 Å². The minimum absolute atomic E-state index is 0.177. The van der Waals surface area contributed by atoms with Gasteiger partial charge >= 0.3 is 0 Å². The highest BCUT2D eigenvalue weighted by Crippen LogP contribution is 2.19. The van der Waals surface area contributed by atoms with Crippen LogP contribution in [-0.2, 0) is 4.74 Å². The normalized spacial score (nSPS) is 27.4. The van der Waals surface area contributed by atoms with E-state index in [-0.39, 0.29) is 6.04 Å². The Hall–Kier alpha value is -0.200. The van der Waals surface area contributed by atoms with Crippen LogP contribution in [0.4, 0.5) is 0 Å². The minimum atomic E-state index is -1.31. The Labute approximate surface area is 97.7 Å². The predicted molar refractivity (Wildman–Crippen MR) is 63.8 cm³/mol. The molecule has 1 fully saturated rings. The lowest BCUT2D eigenvalue weighted by molar-refractivity contribution is 0.00562. The van der Waals surface area contributed by atoms with Crippen molar-refractivity contribution < 1.29 is 9.84 Å². The molecule has 1 aliphatic rings. The van der Waals surface area contributed by atoms with E-state index in [2.05, 4.69) is 10.6 Å². The average Bonchev–Trinajstić information content (AvgIpc) is 2.17. The van der Waals surface area contributed by atoms with Crippen molar-refractivity contribution in [1.29, 1.82) is 0 Å². The van der Waals surface area contributed by atoms with Gasteiger partial charge in [-0.25, -0.2) is 0 Å². The van der Waals surface area contributed by atoms with Crippen LogP contribution in [0.1, 0.15) is 26.2 Å². The van der Waals surface area contributed by atoms with Crippen LogP contribution in [0.2, 0.25) is 0 Å². The Balaban J connectivity index is 2.36. The Morgan fingerprint density at radius 3 is 2.88 bits per heavy atom. The Morgan fingerprint density at radius 1 is 1.62 bits per heavy atom. The SMILES string of the molecule is CNC[C@H](C[C@H]1CCCOC1)NC(C)(N)O. The molecular weight excluding hydrogens is 206 g/mol. The maximum atomic E-state index is 9.55. The van der Waals surface area contributed by atoms with Crippen LogP contribution in [0, 0.1) is 5.92 Å². The van der Waals surface area contributed by atoms with Gasteiger partial charge in [0, 0.05) is 25.8 Å². The van der Waals surface area contributed by atoms with Crippen molar-refractivity contribution in [3.63, 3.8) is 0 Å². The van der Waals surface area contributed by atoms with E-state index in [1.807, 2.05) is 7.05 Å². The number of ether oxygens (including phenoxy) is 1. The third kappa shape index (κ3) is 5.77. The molecule has 5 heteroatoms. The van der Waals surface area contributed by atoms with Crippen molar-refractivity contribution in [2.45, 2.75) is 38.1 Å². The molecule has 0 amide bonds. The van der Waals surface area contributed by atoms with E-state index in [1.165, 1.54) is 6.42 Å². The van der Waals surface area contributed by atoms with Gasteiger partial charge in [-0.1, -0.05) is 0 Å². The van der Waals surface area contributed by atoms with Crippen molar-refractivity contribution in [3.05, 3.63) is 0 Å². The molecule has 0 spiro atoms. The van der Waals surface area contributed by atoms with Crippen molar-refractivity contribution in [2.24, 2.45) is 11.7 Å². The zero-order valence-corrected chi connectivity index (χ0v) is 10.3. The van der Waals surface area contributed by atoms with Gasteiger partial charge in [-0.2, -0.15) is 0 Å². The molecule has 0 aromatic heterocycles. The van der Waals surface area contributed by atoms with Gasteiger partial charge in [0.05, 0.1) is 0 Å².